The van der Waals surface area contributed by atoms with E-state index in [1.807, 2.05) is 0 Å². The Balaban J connectivity index is 2.44. The summed E-state index contributed by atoms with van der Waals surface area (Å²) in [5, 5.41) is 11.7. The number of hydrogen-bond acceptors (Lipinski definition) is 4. The van der Waals surface area contributed by atoms with E-state index < -0.39 is 0 Å². The highest BCUT2D eigenvalue weighted by molar-refractivity contribution is 5.94. The molecule has 0 saturated heterocycles. The number of carbonyl (C=O) groups is 2. The molecule has 0 radical (unpaired) electrons. The number of phenolic OH excluding ortho intramolecular Hbond substituents is 1. The summed E-state index contributed by atoms with van der Waals surface area (Å²) in [5.41, 5.74) is 0.352. The first-order valence-electron chi connectivity index (χ1n) is 4.77. The first kappa shape index (κ1) is 12.0. The second-order valence-corrected chi connectivity index (χ2v) is 3.13. The average molecular weight is 223 g/mol. The maximum Gasteiger partial charge on any atom is 0.307 e. The Morgan fingerprint density at radius 3 is 2.81 bits per heavy atom. The van der Waals surface area contributed by atoms with Gasteiger partial charge in [-0.25, -0.2) is 0 Å². The average Bonchev–Trinajstić information content (AvgIpc) is 2.28. The molecule has 0 aromatic heterocycles. The van der Waals surface area contributed by atoms with Crippen molar-refractivity contribution >= 4 is 11.9 Å². The van der Waals surface area contributed by atoms with Gasteiger partial charge in [0, 0.05) is 12.1 Å². The number of hydrogen-bond donors (Lipinski definition) is 2. The number of nitrogens with one attached hydrogen (secondary N) is 1. The predicted molar refractivity (Wildman–Crippen MR) is 57.1 cm³/mol. The zero-order chi connectivity index (χ0) is 12.0. The Bertz CT molecular complexity index is 389. The van der Waals surface area contributed by atoms with E-state index in [1.165, 1.54) is 19.2 Å². The van der Waals surface area contributed by atoms with Crippen LogP contribution in [-0.4, -0.2) is 30.6 Å². The second-order valence-electron chi connectivity index (χ2n) is 3.13. The van der Waals surface area contributed by atoms with Gasteiger partial charge in [-0.15, -0.1) is 0 Å². The van der Waals surface area contributed by atoms with Crippen molar-refractivity contribution in [3.63, 3.8) is 0 Å². The molecule has 1 aromatic rings. The van der Waals surface area contributed by atoms with E-state index in [1.54, 1.807) is 12.1 Å². The van der Waals surface area contributed by atoms with E-state index in [2.05, 4.69) is 10.1 Å². The molecule has 0 aliphatic rings. The highest BCUT2D eigenvalue weighted by Crippen LogP contribution is 2.10. The molecular weight excluding hydrogens is 210 g/mol. The van der Waals surface area contributed by atoms with E-state index >= 15 is 0 Å². The number of benzene rings is 1. The fourth-order valence-electron chi connectivity index (χ4n) is 1.13. The molecule has 16 heavy (non-hydrogen) atoms. The van der Waals surface area contributed by atoms with Gasteiger partial charge in [0.15, 0.2) is 0 Å². The molecule has 1 aromatic carbocycles. The fraction of sp³-hybridized carbons (Fsp3) is 0.273. The summed E-state index contributed by atoms with van der Waals surface area (Å²) in [5.74, 6) is -0.684. The van der Waals surface area contributed by atoms with Gasteiger partial charge >= 0.3 is 5.97 Å². The molecule has 0 saturated carbocycles. The van der Waals surface area contributed by atoms with Crippen LogP contribution < -0.4 is 5.32 Å². The molecule has 0 spiro atoms. The van der Waals surface area contributed by atoms with Gasteiger partial charge in [-0.2, -0.15) is 0 Å². The Labute approximate surface area is 93.0 Å². The standard InChI is InChI=1S/C11H13NO4/c1-16-10(14)5-6-12-11(15)8-3-2-4-9(13)7-8/h2-4,7,13H,5-6H2,1H3,(H,12,15). The predicted octanol–water partition coefficient (Wildman–Crippen LogP) is 0.685. The first-order chi connectivity index (χ1) is 7.63. The zero-order valence-electron chi connectivity index (χ0n) is 8.90. The van der Waals surface area contributed by atoms with Gasteiger partial charge in [0.05, 0.1) is 13.5 Å². The van der Waals surface area contributed by atoms with Crippen LogP contribution in [0, 0.1) is 0 Å². The normalized spacial score (nSPS) is 9.56. The molecule has 0 atom stereocenters. The summed E-state index contributed by atoms with van der Waals surface area (Å²) in [7, 11) is 1.29. The van der Waals surface area contributed by atoms with Gasteiger partial charge < -0.3 is 15.2 Å². The van der Waals surface area contributed by atoms with Gasteiger partial charge in [0.2, 0.25) is 0 Å². The summed E-state index contributed by atoms with van der Waals surface area (Å²) in [6.45, 7) is 0.209. The fourth-order valence-corrected chi connectivity index (χ4v) is 1.13. The highest BCUT2D eigenvalue weighted by Gasteiger charge is 2.06. The molecule has 0 heterocycles. The molecule has 5 heteroatoms. The minimum Gasteiger partial charge on any atom is -0.508 e. The lowest BCUT2D eigenvalue weighted by atomic mass is 10.2. The summed E-state index contributed by atoms with van der Waals surface area (Å²) in [6.07, 6.45) is 0.126. The summed E-state index contributed by atoms with van der Waals surface area (Å²) in [6, 6.07) is 5.98. The third kappa shape index (κ3) is 3.61. The van der Waals surface area contributed by atoms with Crippen molar-refractivity contribution in [3.8, 4) is 5.75 Å². The lowest BCUT2D eigenvalue weighted by Gasteiger charge is -2.04. The van der Waals surface area contributed by atoms with Crippen LogP contribution in [0.25, 0.3) is 0 Å². The molecular formula is C11H13NO4. The Hall–Kier alpha value is -2.04. The smallest absolute Gasteiger partial charge is 0.307 e. The largest absolute Gasteiger partial charge is 0.508 e. The second kappa shape index (κ2) is 5.75. The lowest BCUT2D eigenvalue weighted by Crippen LogP contribution is -2.26. The minimum atomic E-state index is -0.379. The number of phenols is 1. The number of rotatable bonds is 4. The van der Waals surface area contributed by atoms with Gasteiger partial charge in [0.1, 0.15) is 5.75 Å². The molecule has 0 aliphatic carbocycles. The molecule has 0 unspecified atom stereocenters. The summed E-state index contributed by atoms with van der Waals surface area (Å²) >= 11 is 0. The Morgan fingerprint density at radius 1 is 1.44 bits per heavy atom. The quantitative estimate of drug-likeness (QED) is 0.736. The minimum absolute atomic E-state index is 0.0283. The van der Waals surface area contributed by atoms with Crippen molar-refractivity contribution in [1.29, 1.82) is 0 Å². The maximum atomic E-state index is 11.5. The Kier molecular flexibility index (Phi) is 4.32. The SMILES string of the molecule is COC(=O)CCNC(=O)c1cccc(O)c1. The van der Waals surface area contributed by atoms with Gasteiger partial charge in [-0.3, -0.25) is 9.59 Å². The third-order valence-corrected chi connectivity index (χ3v) is 1.95. The van der Waals surface area contributed by atoms with Crippen LogP contribution in [0.15, 0.2) is 24.3 Å². The van der Waals surface area contributed by atoms with E-state index in [4.69, 9.17) is 5.11 Å². The van der Waals surface area contributed by atoms with Crippen LogP contribution in [-0.2, 0) is 9.53 Å². The molecule has 0 bridgehead atoms. The van der Waals surface area contributed by atoms with Crippen molar-refractivity contribution in [2.24, 2.45) is 0 Å². The van der Waals surface area contributed by atoms with Crippen LogP contribution in [0.5, 0.6) is 5.75 Å². The van der Waals surface area contributed by atoms with Crippen molar-refractivity contribution in [2.75, 3.05) is 13.7 Å². The maximum absolute atomic E-state index is 11.5. The van der Waals surface area contributed by atoms with Crippen LogP contribution >= 0.6 is 0 Å². The number of ether oxygens (including phenoxy) is 1. The highest BCUT2D eigenvalue weighted by atomic mass is 16.5. The monoisotopic (exact) mass is 223 g/mol. The molecule has 86 valence electrons. The Morgan fingerprint density at radius 2 is 2.19 bits per heavy atom. The van der Waals surface area contributed by atoms with Gasteiger partial charge in [0.25, 0.3) is 5.91 Å². The van der Waals surface area contributed by atoms with Crippen molar-refractivity contribution in [2.45, 2.75) is 6.42 Å². The van der Waals surface area contributed by atoms with E-state index in [0.29, 0.717) is 5.56 Å². The molecule has 1 amide bonds. The number of amides is 1. The topological polar surface area (TPSA) is 75.6 Å². The molecule has 0 fully saturated rings. The van der Waals surface area contributed by atoms with Gasteiger partial charge in [-0.1, -0.05) is 6.07 Å². The molecule has 5 nitrogen and oxygen atoms in total. The van der Waals surface area contributed by atoms with Crippen molar-refractivity contribution < 1.29 is 19.4 Å². The molecule has 0 aliphatic heterocycles. The lowest BCUT2D eigenvalue weighted by molar-refractivity contribution is -0.140. The third-order valence-electron chi connectivity index (χ3n) is 1.95. The van der Waals surface area contributed by atoms with Crippen molar-refractivity contribution in [1.82, 2.24) is 5.32 Å². The number of carbonyl (C=O) groups excluding carboxylic acids is 2. The number of aromatic hydroxyl groups is 1. The van der Waals surface area contributed by atoms with E-state index in [0.717, 1.165) is 0 Å². The van der Waals surface area contributed by atoms with Crippen LogP contribution in [0.4, 0.5) is 0 Å². The van der Waals surface area contributed by atoms with Crippen LogP contribution in [0.2, 0.25) is 0 Å². The number of methoxy groups -OCH3 is 1. The first-order valence-corrected chi connectivity index (χ1v) is 4.77. The van der Waals surface area contributed by atoms with Crippen LogP contribution in [0.3, 0.4) is 0 Å². The van der Waals surface area contributed by atoms with Gasteiger partial charge in [-0.05, 0) is 18.2 Å². The summed E-state index contributed by atoms with van der Waals surface area (Å²) < 4.78 is 4.43. The molecule has 1 rings (SSSR count). The zero-order valence-corrected chi connectivity index (χ0v) is 8.90. The van der Waals surface area contributed by atoms with Crippen LogP contribution in [0.1, 0.15) is 16.8 Å². The molecule has 2 N–H and O–H groups in total. The van der Waals surface area contributed by atoms with Crippen molar-refractivity contribution in [3.05, 3.63) is 29.8 Å². The van der Waals surface area contributed by atoms with E-state index in [9.17, 15) is 9.59 Å². The summed E-state index contributed by atoms with van der Waals surface area (Å²) in [4.78, 5) is 22.3. The van der Waals surface area contributed by atoms with E-state index in [-0.39, 0.29) is 30.6 Å². The number of esters is 1.